The van der Waals surface area contributed by atoms with Gasteiger partial charge >= 0.3 is 0 Å². The minimum atomic E-state index is 0.650. The molecule has 0 aromatic heterocycles. The van der Waals surface area contributed by atoms with Gasteiger partial charge < -0.3 is 9.47 Å². The molecular formula is C11H18O2. The van der Waals surface area contributed by atoms with Crippen LogP contribution >= 0.6 is 0 Å². The normalized spacial score (nSPS) is 45.7. The van der Waals surface area contributed by atoms with Gasteiger partial charge in [-0.15, -0.1) is 0 Å². The van der Waals surface area contributed by atoms with Gasteiger partial charge in [0.15, 0.2) is 0 Å². The van der Waals surface area contributed by atoms with E-state index in [9.17, 15) is 0 Å². The van der Waals surface area contributed by atoms with Crippen molar-refractivity contribution < 1.29 is 9.47 Å². The average Bonchev–Trinajstić information content (AvgIpc) is 2.97. The first-order chi connectivity index (χ1) is 6.45. The summed E-state index contributed by atoms with van der Waals surface area (Å²) in [4.78, 5) is 0. The molecule has 0 aromatic carbocycles. The van der Waals surface area contributed by atoms with Crippen LogP contribution in [0.2, 0.25) is 0 Å². The molecule has 1 saturated carbocycles. The Morgan fingerprint density at radius 1 is 0.923 bits per heavy atom. The number of hydrogen-bond donors (Lipinski definition) is 0. The van der Waals surface area contributed by atoms with Crippen molar-refractivity contribution in [3.63, 3.8) is 0 Å². The van der Waals surface area contributed by atoms with E-state index in [1.165, 1.54) is 32.1 Å². The maximum Gasteiger partial charge on any atom is 0.0872 e. The highest BCUT2D eigenvalue weighted by Crippen LogP contribution is 2.46. The van der Waals surface area contributed by atoms with E-state index in [0.29, 0.717) is 12.2 Å². The summed E-state index contributed by atoms with van der Waals surface area (Å²) in [5.74, 6) is 1.78. The smallest absolute Gasteiger partial charge is 0.0872 e. The zero-order chi connectivity index (χ0) is 8.67. The van der Waals surface area contributed by atoms with Crippen LogP contribution in [0.3, 0.4) is 0 Å². The zero-order valence-corrected chi connectivity index (χ0v) is 8.08. The summed E-state index contributed by atoms with van der Waals surface area (Å²) in [5, 5.41) is 0. The maximum atomic E-state index is 5.70. The molecule has 2 nitrogen and oxygen atoms in total. The van der Waals surface area contributed by atoms with Crippen molar-refractivity contribution in [1.82, 2.24) is 0 Å². The van der Waals surface area contributed by atoms with Gasteiger partial charge in [0.1, 0.15) is 0 Å². The van der Waals surface area contributed by atoms with Gasteiger partial charge in [0.25, 0.3) is 0 Å². The lowest BCUT2D eigenvalue weighted by atomic mass is 9.77. The van der Waals surface area contributed by atoms with Gasteiger partial charge in [0.05, 0.1) is 12.2 Å². The Bertz CT molecular complexity index is 187. The molecule has 2 aliphatic heterocycles. The second-order valence-corrected chi connectivity index (χ2v) is 4.68. The fourth-order valence-corrected chi connectivity index (χ4v) is 3.13. The first-order valence-electron chi connectivity index (χ1n) is 5.68. The molecular weight excluding hydrogens is 164 g/mol. The first kappa shape index (κ1) is 8.25. The van der Waals surface area contributed by atoms with E-state index in [1.54, 1.807) is 0 Å². The molecule has 0 amide bonds. The molecule has 3 aliphatic rings. The van der Waals surface area contributed by atoms with E-state index in [1.807, 2.05) is 0 Å². The summed E-state index contributed by atoms with van der Waals surface area (Å²) >= 11 is 0. The van der Waals surface area contributed by atoms with Crippen LogP contribution in [0, 0.1) is 11.8 Å². The molecule has 0 bridgehead atoms. The molecule has 0 N–H and O–H groups in total. The van der Waals surface area contributed by atoms with Crippen LogP contribution in [-0.4, -0.2) is 25.4 Å². The summed E-state index contributed by atoms with van der Waals surface area (Å²) in [5.41, 5.74) is 0. The topological polar surface area (TPSA) is 21.8 Å². The molecule has 13 heavy (non-hydrogen) atoms. The lowest BCUT2D eigenvalue weighted by Gasteiger charge is -2.31. The highest BCUT2D eigenvalue weighted by Gasteiger charge is 2.49. The van der Waals surface area contributed by atoms with E-state index in [4.69, 9.17) is 9.47 Å². The van der Waals surface area contributed by atoms with Gasteiger partial charge in [-0.25, -0.2) is 0 Å². The summed E-state index contributed by atoms with van der Waals surface area (Å²) < 4.78 is 11.1. The van der Waals surface area contributed by atoms with Crippen molar-refractivity contribution in [2.75, 3.05) is 13.2 Å². The van der Waals surface area contributed by atoms with Gasteiger partial charge in [-0.1, -0.05) is 6.42 Å². The van der Waals surface area contributed by atoms with Crippen LogP contribution in [-0.2, 0) is 9.47 Å². The van der Waals surface area contributed by atoms with E-state index in [-0.39, 0.29) is 0 Å². The van der Waals surface area contributed by atoms with Gasteiger partial charge in [0.2, 0.25) is 0 Å². The van der Waals surface area contributed by atoms with E-state index in [0.717, 1.165) is 25.0 Å². The predicted molar refractivity (Wildman–Crippen MR) is 49.5 cm³/mol. The second-order valence-electron chi connectivity index (χ2n) is 4.68. The summed E-state index contributed by atoms with van der Waals surface area (Å²) in [6, 6.07) is 0. The molecule has 3 rings (SSSR count). The van der Waals surface area contributed by atoms with Gasteiger partial charge in [-0.3, -0.25) is 0 Å². The Hall–Kier alpha value is -0.0800. The molecule has 2 heterocycles. The van der Waals surface area contributed by atoms with Crippen molar-refractivity contribution in [3.05, 3.63) is 0 Å². The third kappa shape index (κ3) is 1.50. The molecule has 2 heteroatoms. The molecule has 3 fully saturated rings. The van der Waals surface area contributed by atoms with Crippen LogP contribution in [0.1, 0.15) is 32.1 Å². The highest BCUT2D eigenvalue weighted by atomic mass is 16.6. The van der Waals surface area contributed by atoms with Crippen molar-refractivity contribution in [1.29, 1.82) is 0 Å². The molecule has 3 unspecified atom stereocenters. The Labute approximate surface area is 79.6 Å². The number of ether oxygens (including phenoxy) is 2. The van der Waals surface area contributed by atoms with E-state index >= 15 is 0 Å². The number of rotatable bonds is 1. The third-order valence-electron chi connectivity index (χ3n) is 3.94. The van der Waals surface area contributed by atoms with Crippen LogP contribution in [0.5, 0.6) is 0 Å². The van der Waals surface area contributed by atoms with Crippen molar-refractivity contribution in [3.8, 4) is 0 Å². The number of hydrogen-bond acceptors (Lipinski definition) is 2. The van der Waals surface area contributed by atoms with E-state index in [2.05, 4.69) is 0 Å². The quantitative estimate of drug-likeness (QED) is 0.578. The largest absolute Gasteiger partial charge is 0.381 e. The number of fused-ring (bicyclic) bond motifs is 1. The summed E-state index contributed by atoms with van der Waals surface area (Å²) in [7, 11) is 0. The minimum absolute atomic E-state index is 0.650. The Balaban J connectivity index is 1.62. The standard InChI is InChI=1S/C11H18O2/c1-2-9(11-10(3-1)13-11)8-4-6-12-7-5-8/h8-11H,1-7H2. The van der Waals surface area contributed by atoms with Crippen LogP contribution in [0.25, 0.3) is 0 Å². The highest BCUT2D eigenvalue weighted by molar-refractivity contribution is 4.97. The molecule has 3 atom stereocenters. The fraction of sp³-hybridized carbons (Fsp3) is 1.00. The van der Waals surface area contributed by atoms with Crippen molar-refractivity contribution in [2.45, 2.75) is 44.3 Å². The monoisotopic (exact) mass is 182 g/mol. The third-order valence-corrected chi connectivity index (χ3v) is 3.94. The average molecular weight is 182 g/mol. The molecule has 1 aliphatic carbocycles. The Morgan fingerprint density at radius 2 is 1.77 bits per heavy atom. The number of epoxide rings is 1. The van der Waals surface area contributed by atoms with Crippen molar-refractivity contribution in [2.24, 2.45) is 11.8 Å². The Kier molecular flexibility index (Phi) is 2.06. The van der Waals surface area contributed by atoms with Gasteiger partial charge in [-0.2, -0.15) is 0 Å². The summed E-state index contributed by atoms with van der Waals surface area (Å²) in [6.45, 7) is 1.97. The summed E-state index contributed by atoms with van der Waals surface area (Å²) in [6.07, 6.45) is 7.98. The Morgan fingerprint density at radius 3 is 2.62 bits per heavy atom. The molecule has 0 radical (unpaired) electrons. The maximum absolute atomic E-state index is 5.70. The second kappa shape index (κ2) is 3.25. The lowest BCUT2D eigenvalue weighted by molar-refractivity contribution is 0.0380. The molecule has 0 spiro atoms. The zero-order valence-electron chi connectivity index (χ0n) is 8.08. The predicted octanol–water partition coefficient (Wildman–Crippen LogP) is 1.98. The lowest BCUT2D eigenvalue weighted by Crippen LogP contribution is -2.29. The van der Waals surface area contributed by atoms with Crippen LogP contribution in [0.4, 0.5) is 0 Å². The fourth-order valence-electron chi connectivity index (χ4n) is 3.13. The van der Waals surface area contributed by atoms with E-state index < -0.39 is 0 Å². The SMILES string of the molecule is C1CC2OC2C(C2CCOCC2)C1. The van der Waals surface area contributed by atoms with Crippen LogP contribution in [0.15, 0.2) is 0 Å². The van der Waals surface area contributed by atoms with Gasteiger partial charge in [-0.05, 0) is 37.5 Å². The van der Waals surface area contributed by atoms with Crippen molar-refractivity contribution >= 4 is 0 Å². The minimum Gasteiger partial charge on any atom is -0.381 e. The molecule has 74 valence electrons. The molecule has 2 saturated heterocycles. The van der Waals surface area contributed by atoms with Crippen LogP contribution < -0.4 is 0 Å². The van der Waals surface area contributed by atoms with Gasteiger partial charge in [0, 0.05) is 13.2 Å². The first-order valence-corrected chi connectivity index (χ1v) is 5.68. The molecule has 0 aromatic rings.